The number of allylic oxidation sites excluding steroid dienone is 5. The molecule has 1 saturated heterocycles. The van der Waals surface area contributed by atoms with Crippen LogP contribution in [-0.2, 0) is 19.1 Å². The lowest BCUT2D eigenvalue weighted by atomic mass is 9.99. The first kappa shape index (κ1) is 17.1. The fraction of sp³-hybridized carbons (Fsp3) is 0.389. The summed E-state index contributed by atoms with van der Waals surface area (Å²) in [6.07, 6.45) is 14.0. The maximum Gasteiger partial charge on any atom is 0.246 e. The highest BCUT2D eigenvalue weighted by atomic mass is 16.6. The third kappa shape index (κ3) is 4.36. The number of carbonyl (C=O) groups is 3. The van der Waals surface area contributed by atoms with Crippen LogP contribution in [0.2, 0.25) is 0 Å². The van der Waals surface area contributed by atoms with E-state index in [4.69, 9.17) is 4.74 Å². The Bertz CT molecular complexity index is 613. The topological polar surface area (TPSA) is 75.8 Å². The first-order valence-electron chi connectivity index (χ1n) is 7.72. The molecule has 0 radical (unpaired) electrons. The van der Waals surface area contributed by atoms with E-state index >= 15 is 0 Å². The van der Waals surface area contributed by atoms with E-state index in [1.165, 1.54) is 12.2 Å². The van der Waals surface area contributed by atoms with Gasteiger partial charge in [0.15, 0.2) is 11.9 Å². The molecule has 2 aliphatic rings. The van der Waals surface area contributed by atoms with Gasteiger partial charge in [-0.05, 0) is 30.9 Å². The summed E-state index contributed by atoms with van der Waals surface area (Å²) in [4.78, 5) is 35.0. The predicted molar refractivity (Wildman–Crippen MR) is 86.4 cm³/mol. The first-order valence-corrected chi connectivity index (χ1v) is 7.72. The number of ether oxygens (including phenoxy) is 1. The molecule has 0 bridgehead atoms. The van der Waals surface area contributed by atoms with Crippen LogP contribution in [0.5, 0.6) is 0 Å². The van der Waals surface area contributed by atoms with Gasteiger partial charge in [0.05, 0.1) is 0 Å². The molecule has 2 atom stereocenters. The summed E-state index contributed by atoms with van der Waals surface area (Å²) >= 11 is 0. The minimum absolute atomic E-state index is 0.305. The van der Waals surface area contributed by atoms with Crippen LogP contribution in [-0.4, -0.2) is 29.3 Å². The van der Waals surface area contributed by atoms with Gasteiger partial charge in [-0.2, -0.15) is 0 Å². The van der Waals surface area contributed by atoms with Gasteiger partial charge in [-0.3, -0.25) is 14.4 Å². The SMILES string of the molecule is CC(C)CCC=CC=CC=CC(=O)N[C@]12O[C@@H]1C(=O)C=CC2=O. The molecule has 122 valence electrons. The fourth-order valence-corrected chi connectivity index (χ4v) is 2.22. The number of epoxide rings is 1. The minimum Gasteiger partial charge on any atom is -0.329 e. The third-order valence-corrected chi connectivity index (χ3v) is 3.58. The van der Waals surface area contributed by atoms with E-state index in [0.29, 0.717) is 5.92 Å². The molecule has 23 heavy (non-hydrogen) atoms. The average molecular weight is 315 g/mol. The molecule has 0 aromatic rings. The fourth-order valence-electron chi connectivity index (χ4n) is 2.22. The smallest absolute Gasteiger partial charge is 0.246 e. The Morgan fingerprint density at radius 3 is 2.74 bits per heavy atom. The summed E-state index contributed by atoms with van der Waals surface area (Å²) < 4.78 is 5.10. The van der Waals surface area contributed by atoms with E-state index in [1.54, 1.807) is 12.2 Å². The van der Waals surface area contributed by atoms with Crippen LogP contribution in [0.1, 0.15) is 26.7 Å². The summed E-state index contributed by atoms with van der Waals surface area (Å²) in [5, 5.41) is 2.45. The Morgan fingerprint density at radius 2 is 2.00 bits per heavy atom. The van der Waals surface area contributed by atoms with E-state index in [2.05, 4.69) is 25.2 Å². The quantitative estimate of drug-likeness (QED) is 0.443. The Balaban J connectivity index is 1.76. The summed E-state index contributed by atoms with van der Waals surface area (Å²) in [6.45, 7) is 4.36. The lowest BCUT2D eigenvalue weighted by molar-refractivity contribution is -0.127. The second kappa shape index (κ2) is 7.33. The molecular weight excluding hydrogens is 294 g/mol. The molecule has 0 unspecified atom stereocenters. The Hall–Kier alpha value is -2.27. The molecule has 5 nitrogen and oxygen atoms in total. The summed E-state index contributed by atoms with van der Waals surface area (Å²) in [5.41, 5.74) is -1.48. The highest BCUT2D eigenvalue weighted by Gasteiger charge is 2.67. The van der Waals surface area contributed by atoms with Crippen LogP contribution < -0.4 is 5.32 Å². The van der Waals surface area contributed by atoms with Gasteiger partial charge in [-0.15, -0.1) is 0 Å². The zero-order chi connectivity index (χ0) is 16.9. The lowest BCUT2D eigenvalue weighted by Crippen LogP contribution is -2.47. The Labute approximate surface area is 135 Å². The van der Waals surface area contributed by atoms with E-state index in [9.17, 15) is 14.4 Å². The summed E-state index contributed by atoms with van der Waals surface area (Å²) in [5.74, 6) is -0.505. The van der Waals surface area contributed by atoms with Crippen molar-refractivity contribution >= 4 is 17.5 Å². The predicted octanol–water partition coefficient (Wildman–Crippen LogP) is 2.01. The highest BCUT2D eigenvalue weighted by Crippen LogP contribution is 2.38. The van der Waals surface area contributed by atoms with Gasteiger partial charge in [-0.1, -0.05) is 44.2 Å². The molecule has 1 N–H and O–H groups in total. The number of nitrogens with one attached hydrogen (secondary N) is 1. The number of carbonyl (C=O) groups excluding carboxylic acids is 3. The van der Waals surface area contributed by atoms with Crippen molar-refractivity contribution in [2.45, 2.75) is 38.5 Å². The van der Waals surface area contributed by atoms with Gasteiger partial charge in [0.1, 0.15) is 0 Å². The molecule has 1 amide bonds. The van der Waals surface area contributed by atoms with Crippen LogP contribution in [0, 0.1) is 5.92 Å². The van der Waals surface area contributed by atoms with Crippen molar-refractivity contribution < 1.29 is 19.1 Å². The standard InChI is InChI=1S/C18H21NO4/c1-13(2)9-7-5-3-4-6-8-10-16(22)19-18-15(21)12-11-14(20)17(18)23-18/h3-6,8,10-13,17H,7,9H2,1-2H3,(H,19,22)/t17-,18-/m1/s1. The molecule has 1 fully saturated rings. The average Bonchev–Trinajstić information content (AvgIpc) is 3.22. The normalized spacial score (nSPS) is 26.7. The van der Waals surface area contributed by atoms with Crippen molar-refractivity contribution in [3.8, 4) is 0 Å². The minimum atomic E-state index is -1.48. The van der Waals surface area contributed by atoms with Crippen molar-refractivity contribution in [1.82, 2.24) is 5.32 Å². The second-order valence-electron chi connectivity index (χ2n) is 5.97. The van der Waals surface area contributed by atoms with Crippen LogP contribution in [0.3, 0.4) is 0 Å². The van der Waals surface area contributed by atoms with Crippen molar-refractivity contribution in [2.75, 3.05) is 0 Å². The molecule has 2 rings (SSSR count). The van der Waals surface area contributed by atoms with Crippen LogP contribution in [0.15, 0.2) is 48.6 Å². The molecule has 0 spiro atoms. The number of ketones is 2. The van der Waals surface area contributed by atoms with E-state index in [0.717, 1.165) is 18.9 Å². The first-order chi connectivity index (χ1) is 11.0. The largest absolute Gasteiger partial charge is 0.329 e. The van der Waals surface area contributed by atoms with Crippen molar-refractivity contribution in [3.05, 3.63) is 48.6 Å². The highest BCUT2D eigenvalue weighted by molar-refractivity contribution is 6.16. The van der Waals surface area contributed by atoms with Crippen LogP contribution >= 0.6 is 0 Å². The molecule has 0 saturated carbocycles. The summed E-state index contributed by atoms with van der Waals surface area (Å²) in [6, 6.07) is 0. The van der Waals surface area contributed by atoms with Gasteiger partial charge in [-0.25, -0.2) is 0 Å². The number of fused-ring (bicyclic) bond motifs is 1. The molecular formula is C18H21NO4. The zero-order valence-electron chi connectivity index (χ0n) is 13.3. The maximum atomic E-state index is 11.8. The number of hydrogen-bond acceptors (Lipinski definition) is 4. The number of amides is 1. The Morgan fingerprint density at radius 1 is 1.26 bits per heavy atom. The van der Waals surface area contributed by atoms with E-state index in [-0.39, 0.29) is 5.78 Å². The van der Waals surface area contributed by atoms with Crippen LogP contribution in [0.25, 0.3) is 0 Å². The molecule has 5 heteroatoms. The molecule has 1 heterocycles. The van der Waals surface area contributed by atoms with Gasteiger partial charge in [0, 0.05) is 6.08 Å². The van der Waals surface area contributed by atoms with Gasteiger partial charge in [0.25, 0.3) is 0 Å². The van der Waals surface area contributed by atoms with E-state index < -0.39 is 23.5 Å². The van der Waals surface area contributed by atoms with Crippen molar-refractivity contribution in [2.24, 2.45) is 5.92 Å². The Kier molecular flexibility index (Phi) is 5.45. The monoisotopic (exact) mass is 315 g/mol. The van der Waals surface area contributed by atoms with Gasteiger partial charge in [0.2, 0.25) is 17.4 Å². The third-order valence-electron chi connectivity index (χ3n) is 3.58. The maximum absolute atomic E-state index is 11.8. The molecule has 0 aromatic carbocycles. The molecule has 1 aliphatic heterocycles. The van der Waals surface area contributed by atoms with Gasteiger partial charge >= 0.3 is 0 Å². The summed E-state index contributed by atoms with van der Waals surface area (Å²) in [7, 11) is 0. The second-order valence-corrected chi connectivity index (χ2v) is 5.97. The number of rotatable bonds is 7. The zero-order valence-corrected chi connectivity index (χ0v) is 13.3. The van der Waals surface area contributed by atoms with Crippen molar-refractivity contribution in [1.29, 1.82) is 0 Å². The van der Waals surface area contributed by atoms with Gasteiger partial charge < -0.3 is 10.1 Å². The molecule has 1 aliphatic carbocycles. The molecule has 0 aromatic heterocycles. The van der Waals surface area contributed by atoms with Crippen molar-refractivity contribution in [3.63, 3.8) is 0 Å². The van der Waals surface area contributed by atoms with Crippen LogP contribution in [0.4, 0.5) is 0 Å². The number of hydrogen-bond donors (Lipinski definition) is 1. The van der Waals surface area contributed by atoms with E-state index in [1.807, 2.05) is 12.2 Å². The lowest BCUT2D eigenvalue weighted by Gasteiger charge is -2.11.